The molecule has 0 aromatic heterocycles. The molecule has 0 fully saturated rings. The molecule has 224 valence electrons. The van der Waals surface area contributed by atoms with Gasteiger partial charge >= 0.3 is 51.4 Å². The van der Waals surface area contributed by atoms with Gasteiger partial charge in [-0.15, -0.1) is 0 Å². The number of unbranched alkanes of at least 4 members (excludes halogenated alkanes) is 24. The van der Waals surface area contributed by atoms with Crippen LogP contribution in [0.5, 0.6) is 0 Å². The topological polar surface area (TPSA) is 66.4 Å². The number of hydrogen-bond acceptors (Lipinski definition) is 4. The van der Waals surface area contributed by atoms with E-state index in [0.29, 0.717) is 0 Å². The summed E-state index contributed by atoms with van der Waals surface area (Å²) in [4.78, 5) is 0. The van der Waals surface area contributed by atoms with E-state index < -0.39 is 10.4 Å². The van der Waals surface area contributed by atoms with Crippen molar-refractivity contribution in [3.8, 4) is 0 Å². The monoisotopic (exact) mass is 584 g/mol. The second kappa shape index (κ2) is 33.0. The van der Waals surface area contributed by atoms with E-state index >= 15 is 0 Å². The van der Waals surface area contributed by atoms with Gasteiger partial charge in [-0.25, -0.2) is 8.42 Å². The molecule has 0 bridgehead atoms. The first-order valence-electron chi connectivity index (χ1n) is 16.6. The molecule has 0 aliphatic heterocycles. The van der Waals surface area contributed by atoms with E-state index in [1.165, 1.54) is 154 Å². The first-order valence-corrected chi connectivity index (χ1v) is 17.9. The third-order valence-corrected chi connectivity index (χ3v) is 8.30. The molecule has 1 unspecified atom stereocenters. The van der Waals surface area contributed by atoms with Gasteiger partial charge in [-0.2, -0.15) is 0 Å². The van der Waals surface area contributed by atoms with Crippen LogP contribution in [-0.4, -0.2) is 19.6 Å². The summed E-state index contributed by atoms with van der Waals surface area (Å²) in [5, 5.41) is 0. The van der Waals surface area contributed by atoms with Crippen LogP contribution in [0.25, 0.3) is 0 Å². The Hall–Kier alpha value is 1.51. The summed E-state index contributed by atoms with van der Waals surface area (Å²) in [6.45, 7) is 4.57. The van der Waals surface area contributed by atoms with Crippen LogP contribution in [0.2, 0.25) is 0 Å². The van der Waals surface area contributed by atoms with Crippen LogP contribution in [0, 0.1) is 5.92 Å². The maximum Gasteiger partial charge on any atom is 1.00 e. The Kier molecular flexibility index (Phi) is 36.2. The van der Waals surface area contributed by atoms with E-state index in [-0.39, 0.29) is 63.9 Å². The van der Waals surface area contributed by atoms with Crippen LogP contribution in [0.3, 0.4) is 0 Å². The maximum atomic E-state index is 10.9. The number of hydrogen-bond donors (Lipinski definition) is 0. The largest absolute Gasteiger partial charge is 1.00 e. The molecule has 0 amide bonds. The molecule has 0 rings (SSSR count). The summed E-state index contributed by atoms with van der Waals surface area (Å²) in [5.41, 5.74) is 0. The number of rotatable bonds is 31. The van der Waals surface area contributed by atoms with Crippen LogP contribution >= 0.6 is 0 Å². The molecule has 0 aromatic rings. The Morgan fingerprint density at radius 3 is 0.947 bits per heavy atom. The zero-order valence-corrected chi connectivity index (χ0v) is 30.1. The average molecular weight is 585 g/mol. The van der Waals surface area contributed by atoms with Crippen molar-refractivity contribution < 1.29 is 68.5 Å². The summed E-state index contributed by atoms with van der Waals surface area (Å²) in [6, 6.07) is 0. The Morgan fingerprint density at radius 1 is 0.474 bits per heavy atom. The summed E-state index contributed by atoms with van der Waals surface area (Å²) >= 11 is 0. The zero-order chi connectivity index (χ0) is 27.3. The van der Waals surface area contributed by atoms with E-state index in [0.717, 1.165) is 25.7 Å². The minimum absolute atomic E-state index is 0. The van der Waals surface area contributed by atoms with Gasteiger partial charge in [0.15, 0.2) is 0 Å². The van der Waals surface area contributed by atoms with Crippen molar-refractivity contribution in [2.45, 2.75) is 194 Å². The van der Waals surface area contributed by atoms with Gasteiger partial charge in [0.25, 0.3) is 0 Å². The minimum atomic E-state index is -4.58. The predicted molar refractivity (Wildman–Crippen MR) is 160 cm³/mol. The molecule has 38 heavy (non-hydrogen) atoms. The molecule has 0 spiro atoms. The Balaban J connectivity index is 0. The predicted octanol–water partition coefficient (Wildman–Crippen LogP) is 8.05. The molecule has 0 aromatic carbocycles. The van der Waals surface area contributed by atoms with Crippen LogP contribution in [0.4, 0.5) is 0 Å². The van der Waals surface area contributed by atoms with E-state index in [4.69, 9.17) is 0 Å². The standard InChI is InChI=1S/C32H66O4S.K/c1-3-5-7-9-11-12-13-14-15-16-17-18-19-20-21-22-23-24-26-28-30-32(31-36-37(33,34)35)29-27-25-10-8-6-4-2;/h32H,3-31H2,1-2H3,(H,33,34,35);/q;+1/p-1. The van der Waals surface area contributed by atoms with Crippen molar-refractivity contribution in [1.82, 2.24) is 0 Å². The molecule has 0 heterocycles. The summed E-state index contributed by atoms with van der Waals surface area (Å²) in [6.07, 6.45) is 36.9. The van der Waals surface area contributed by atoms with Crippen molar-refractivity contribution in [2.24, 2.45) is 5.92 Å². The van der Waals surface area contributed by atoms with Gasteiger partial charge in [0, 0.05) is 0 Å². The van der Waals surface area contributed by atoms with E-state index in [9.17, 15) is 13.0 Å². The van der Waals surface area contributed by atoms with Crippen molar-refractivity contribution in [3.63, 3.8) is 0 Å². The fourth-order valence-corrected chi connectivity index (χ4v) is 5.75. The van der Waals surface area contributed by atoms with Gasteiger partial charge in [0.2, 0.25) is 10.4 Å². The van der Waals surface area contributed by atoms with Crippen molar-refractivity contribution in [1.29, 1.82) is 0 Å². The first-order chi connectivity index (χ1) is 18.0. The minimum Gasteiger partial charge on any atom is -0.726 e. The van der Waals surface area contributed by atoms with Gasteiger partial charge in [0.1, 0.15) is 0 Å². The Labute approximate surface area is 282 Å². The van der Waals surface area contributed by atoms with Gasteiger partial charge in [0.05, 0.1) is 6.61 Å². The molecule has 6 heteroatoms. The summed E-state index contributed by atoms with van der Waals surface area (Å²) < 4.78 is 37.2. The summed E-state index contributed by atoms with van der Waals surface area (Å²) in [7, 11) is -4.58. The van der Waals surface area contributed by atoms with Crippen LogP contribution in [0.15, 0.2) is 0 Å². The third kappa shape index (κ3) is 35.5. The Bertz CT molecular complexity index is 542. The molecule has 0 aliphatic rings. The molecule has 4 nitrogen and oxygen atoms in total. The second-order valence-corrected chi connectivity index (χ2v) is 12.7. The van der Waals surface area contributed by atoms with Crippen LogP contribution in [0.1, 0.15) is 194 Å². The third-order valence-electron chi connectivity index (χ3n) is 7.88. The second-order valence-electron chi connectivity index (χ2n) is 11.6. The SMILES string of the molecule is CCCCCCCCCCCCCCCCCCCCCCC(CCCCCCCC)COS(=O)(=O)[O-].[K+]. The molecular formula is C32H65KO4S. The molecule has 0 aliphatic carbocycles. The maximum absolute atomic E-state index is 10.9. The van der Waals surface area contributed by atoms with Crippen molar-refractivity contribution in [3.05, 3.63) is 0 Å². The molecule has 0 N–H and O–H groups in total. The quantitative estimate of drug-likeness (QED) is 0.0358. The van der Waals surface area contributed by atoms with Gasteiger partial charge < -0.3 is 4.55 Å². The smallest absolute Gasteiger partial charge is 0.726 e. The molecule has 0 saturated heterocycles. The Morgan fingerprint density at radius 2 is 0.711 bits per heavy atom. The van der Waals surface area contributed by atoms with Crippen LogP contribution in [-0.2, 0) is 14.6 Å². The zero-order valence-electron chi connectivity index (χ0n) is 26.1. The molecular weight excluding hydrogens is 520 g/mol. The fraction of sp³-hybridized carbons (Fsp3) is 1.00. The van der Waals surface area contributed by atoms with Gasteiger partial charge in [-0.05, 0) is 18.8 Å². The van der Waals surface area contributed by atoms with E-state index in [1.54, 1.807) is 0 Å². The normalized spacial score (nSPS) is 12.5. The molecule has 0 radical (unpaired) electrons. The van der Waals surface area contributed by atoms with Gasteiger partial charge in [-0.3, -0.25) is 4.18 Å². The van der Waals surface area contributed by atoms with Crippen molar-refractivity contribution in [2.75, 3.05) is 6.61 Å². The van der Waals surface area contributed by atoms with E-state index in [2.05, 4.69) is 18.0 Å². The van der Waals surface area contributed by atoms with Gasteiger partial charge in [-0.1, -0.05) is 181 Å². The fourth-order valence-electron chi connectivity index (χ4n) is 5.39. The first kappa shape index (κ1) is 41.6. The molecule has 0 saturated carbocycles. The average Bonchev–Trinajstić information content (AvgIpc) is 2.87. The molecule has 1 atom stereocenters. The van der Waals surface area contributed by atoms with Crippen LogP contribution < -0.4 is 51.4 Å². The van der Waals surface area contributed by atoms with Crippen molar-refractivity contribution >= 4 is 10.4 Å². The van der Waals surface area contributed by atoms with E-state index in [1.807, 2.05) is 0 Å². The summed E-state index contributed by atoms with van der Waals surface area (Å²) in [5.74, 6) is 0.199.